The summed E-state index contributed by atoms with van der Waals surface area (Å²) >= 11 is 0. The van der Waals surface area contributed by atoms with Gasteiger partial charge in [-0.3, -0.25) is 4.79 Å². The maximum atomic E-state index is 12.2. The summed E-state index contributed by atoms with van der Waals surface area (Å²) in [7, 11) is 1.80. The molecule has 0 spiro atoms. The molecule has 1 unspecified atom stereocenters. The molecule has 2 amide bonds. The lowest BCUT2D eigenvalue weighted by Gasteiger charge is -2.29. The molecule has 1 aliphatic heterocycles. The first-order valence-electron chi connectivity index (χ1n) is 6.79. The second-order valence-electron chi connectivity index (χ2n) is 5.00. The van der Waals surface area contributed by atoms with Crippen LogP contribution in [0, 0.1) is 0 Å². The Bertz CT molecular complexity index is 294. The Kier molecular flexibility index (Phi) is 5.95. The molecule has 5 heteroatoms. The van der Waals surface area contributed by atoms with Gasteiger partial charge in [0.25, 0.3) is 0 Å². The summed E-state index contributed by atoms with van der Waals surface area (Å²) < 4.78 is 0. The predicted molar refractivity (Wildman–Crippen MR) is 69.5 cm³/mol. The van der Waals surface area contributed by atoms with Crippen molar-refractivity contribution in [2.75, 3.05) is 20.1 Å². The predicted octanol–water partition coefficient (Wildman–Crippen LogP) is 2.17. The molecule has 0 bridgehead atoms. The van der Waals surface area contributed by atoms with E-state index < -0.39 is 5.97 Å². The number of carboxylic acid groups (broad SMARTS) is 1. The van der Waals surface area contributed by atoms with Crippen LogP contribution < -0.4 is 0 Å². The largest absolute Gasteiger partial charge is 0.481 e. The average molecular weight is 256 g/mol. The third-order valence-corrected chi connectivity index (χ3v) is 3.46. The van der Waals surface area contributed by atoms with Gasteiger partial charge in [-0.2, -0.15) is 0 Å². The van der Waals surface area contributed by atoms with Crippen molar-refractivity contribution in [3.05, 3.63) is 0 Å². The van der Waals surface area contributed by atoms with E-state index in [9.17, 15) is 9.59 Å². The Morgan fingerprint density at radius 1 is 1.39 bits per heavy atom. The van der Waals surface area contributed by atoms with E-state index in [-0.39, 0.29) is 18.5 Å². The molecule has 1 saturated heterocycles. The molecule has 18 heavy (non-hydrogen) atoms. The van der Waals surface area contributed by atoms with Crippen LogP contribution >= 0.6 is 0 Å². The zero-order valence-corrected chi connectivity index (χ0v) is 11.4. The molecule has 0 aromatic rings. The van der Waals surface area contributed by atoms with Gasteiger partial charge >= 0.3 is 12.0 Å². The molecule has 1 heterocycles. The van der Waals surface area contributed by atoms with E-state index in [2.05, 4.69) is 6.92 Å². The van der Waals surface area contributed by atoms with Crippen LogP contribution in [0.3, 0.4) is 0 Å². The number of hydrogen-bond donors (Lipinski definition) is 1. The second kappa shape index (κ2) is 7.24. The van der Waals surface area contributed by atoms with E-state index in [1.807, 2.05) is 0 Å². The summed E-state index contributed by atoms with van der Waals surface area (Å²) in [6.45, 7) is 3.57. The molecule has 1 N–H and O–H groups in total. The number of amides is 2. The quantitative estimate of drug-likeness (QED) is 0.741. The lowest BCUT2D eigenvalue weighted by Crippen LogP contribution is -2.44. The molecule has 1 atom stereocenters. The lowest BCUT2D eigenvalue weighted by atomic mass is 10.1. The van der Waals surface area contributed by atoms with E-state index >= 15 is 0 Å². The summed E-state index contributed by atoms with van der Waals surface area (Å²) in [4.78, 5) is 26.4. The van der Waals surface area contributed by atoms with Gasteiger partial charge in [-0.25, -0.2) is 4.79 Å². The maximum absolute atomic E-state index is 12.2. The minimum absolute atomic E-state index is 0.0187. The fraction of sp³-hybridized carbons (Fsp3) is 0.846. The standard InChI is InChI=1S/C13H24N2O3/c1-3-4-5-8-14(2)13(18)15-9-6-7-11(15)10-12(16)17/h11H,3-10H2,1-2H3,(H,16,17). The van der Waals surface area contributed by atoms with Gasteiger partial charge in [0.1, 0.15) is 0 Å². The van der Waals surface area contributed by atoms with Gasteiger partial charge in [-0.15, -0.1) is 0 Å². The molecule has 104 valence electrons. The number of urea groups is 1. The zero-order chi connectivity index (χ0) is 13.5. The van der Waals surface area contributed by atoms with Crippen LogP contribution in [-0.2, 0) is 4.79 Å². The number of unbranched alkanes of at least 4 members (excludes halogenated alkanes) is 2. The van der Waals surface area contributed by atoms with Crippen molar-refractivity contribution in [3.63, 3.8) is 0 Å². The van der Waals surface area contributed by atoms with Crippen molar-refractivity contribution in [1.82, 2.24) is 9.80 Å². The van der Waals surface area contributed by atoms with Crippen LogP contribution in [0.5, 0.6) is 0 Å². The molecule has 0 saturated carbocycles. The summed E-state index contributed by atoms with van der Waals surface area (Å²) in [6.07, 6.45) is 5.04. The second-order valence-corrected chi connectivity index (χ2v) is 5.00. The molecule has 0 aliphatic carbocycles. The van der Waals surface area contributed by atoms with Crippen molar-refractivity contribution in [3.8, 4) is 0 Å². The number of likely N-dealkylation sites (tertiary alicyclic amines) is 1. The first-order valence-corrected chi connectivity index (χ1v) is 6.79. The molecular formula is C13H24N2O3. The van der Waals surface area contributed by atoms with E-state index in [4.69, 9.17) is 5.11 Å². The van der Waals surface area contributed by atoms with Crippen molar-refractivity contribution < 1.29 is 14.7 Å². The lowest BCUT2D eigenvalue weighted by molar-refractivity contribution is -0.138. The van der Waals surface area contributed by atoms with Crippen LogP contribution in [0.15, 0.2) is 0 Å². The van der Waals surface area contributed by atoms with Gasteiger partial charge < -0.3 is 14.9 Å². The summed E-state index contributed by atoms with van der Waals surface area (Å²) in [5.41, 5.74) is 0. The first-order chi connectivity index (χ1) is 8.56. The maximum Gasteiger partial charge on any atom is 0.320 e. The molecular weight excluding hydrogens is 232 g/mol. The Hall–Kier alpha value is -1.26. The zero-order valence-electron chi connectivity index (χ0n) is 11.4. The van der Waals surface area contributed by atoms with Crippen molar-refractivity contribution in [2.24, 2.45) is 0 Å². The number of rotatable bonds is 6. The number of carbonyl (C=O) groups is 2. The highest BCUT2D eigenvalue weighted by Crippen LogP contribution is 2.21. The van der Waals surface area contributed by atoms with Gasteiger partial charge in [0.05, 0.1) is 6.42 Å². The van der Waals surface area contributed by atoms with Gasteiger partial charge in [0.2, 0.25) is 0 Å². The van der Waals surface area contributed by atoms with E-state index in [1.165, 1.54) is 0 Å². The van der Waals surface area contributed by atoms with Crippen LogP contribution in [0.4, 0.5) is 4.79 Å². The Morgan fingerprint density at radius 3 is 2.72 bits per heavy atom. The number of carbonyl (C=O) groups excluding carboxylic acids is 1. The highest BCUT2D eigenvalue weighted by atomic mass is 16.4. The number of carboxylic acids is 1. The SMILES string of the molecule is CCCCCN(C)C(=O)N1CCCC1CC(=O)O. The molecule has 5 nitrogen and oxygen atoms in total. The first kappa shape index (κ1) is 14.8. The number of nitrogens with zero attached hydrogens (tertiary/aromatic N) is 2. The van der Waals surface area contributed by atoms with Crippen LogP contribution in [0.1, 0.15) is 45.4 Å². The molecule has 0 radical (unpaired) electrons. The molecule has 1 aliphatic rings. The normalized spacial score (nSPS) is 19.0. The van der Waals surface area contributed by atoms with Gasteiger partial charge in [0.15, 0.2) is 0 Å². The smallest absolute Gasteiger partial charge is 0.320 e. The molecule has 1 fully saturated rings. The minimum atomic E-state index is -0.826. The summed E-state index contributed by atoms with van der Waals surface area (Å²) in [5, 5.41) is 8.83. The van der Waals surface area contributed by atoms with Gasteiger partial charge in [0, 0.05) is 26.2 Å². The van der Waals surface area contributed by atoms with Crippen LogP contribution in [0.2, 0.25) is 0 Å². The molecule has 1 rings (SSSR count). The van der Waals surface area contributed by atoms with Gasteiger partial charge in [-0.1, -0.05) is 19.8 Å². The Balaban J connectivity index is 2.45. The third kappa shape index (κ3) is 4.20. The Morgan fingerprint density at radius 2 is 2.11 bits per heavy atom. The van der Waals surface area contributed by atoms with Crippen LogP contribution in [-0.4, -0.2) is 53.1 Å². The highest BCUT2D eigenvalue weighted by molar-refractivity contribution is 5.76. The minimum Gasteiger partial charge on any atom is -0.481 e. The highest BCUT2D eigenvalue weighted by Gasteiger charge is 2.31. The topological polar surface area (TPSA) is 60.9 Å². The Labute approximate surface area is 109 Å². The van der Waals surface area contributed by atoms with Crippen molar-refractivity contribution in [1.29, 1.82) is 0 Å². The molecule has 0 aromatic carbocycles. The number of hydrogen-bond acceptors (Lipinski definition) is 2. The van der Waals surface area contributed by atoms with E-state index in [0.717, 1.165) is 38.6 Å². The molecule has 0 aromatic heterocycles. The fourth-order valence-electron chi connectivity index (χ4n) is 2.42. The van der Waals surface area contributed by atoms with Crippen molar-refractivity contribution >= 4 is 12.0 Å². The third-order valence-electron chi connectivity index (χ3n) is 3.46. The summed E-state index contributed by atoms with van der Waals surface area (Å²) in [5.74, 6) is -0.826. The van der Waals surface area contributed by atoms with Gasteiger partial charge in [-0.05, 0) is 19.3 Å². The monoisotopic (exact) mass is 256 g/mol. The van der Waals surface area contributed by atoms with Crippen molar-refractivity contribution in [2.45, 2.75) is 51.5 Å². The number of aliphatic carboxylic acids is 1. The van der Waals surface area contributed by atoms with E-state index in [0.29, 0.717) is 6.54 Å². The van der Waals surface area contributed by atoms with E-state index in [1.54, 1.807) is 16.8 Å². The van der Waals surface area contributed by atoms with Crippen LogP contribution in [0.25, 0.3) is 0 Å². The fourth-order valence-corrected chi connectivity index (χ4v) is 2.42. The average Bonchev–Trinajstić information content (AvgIpc) is 2.75. The summed E-state index contributed by atoms with van der Waals surface area (Å²) in [6, 6.07) is -0.140.